The Hall–Kier alpha value is -2.66. The Kier molecular flexibility index (Phi) is 5.65. The van der Waals surface area contributed by atoms with Crippen LogP contribution in [0.1, 0.15) is 24.0 Å². The minimum absolute atomic E-state index is 0.114. The third kappa shape index (κ3) is 4.11. The fourth-order valence-corrected chi connectivity index (χ4v) is 4.00. The normalized spacial score (nSPS) is 18.5. The van der Waals surface area contributed by atoms with Crippen LogP contribution in [0.15, 0.2) is 18.3 Å². The van der Waals surface area contributed by atoms with Crippen LogP contribution in [0.25, 0.3) is 0 Å². The average molecular weight is 441 g/mol. The molecular formula is C20H23F4N5O2. The highest BCUT2D eigenvalue weighted by atomic mass is 19.4. The molecule has 2 fully saturated rings. The molecule has 4 rings (SSSR count). The van der Waals surface area contributed by atoms with Crippen LogP contribution >= 0.6 is 0 Å². The van der Waals surface area contributed by atoms with Crippen molar-refractivity contribution in [2.45, 2.75) is 24.6 Å². The molecule has 0 unspecified atom stereocenters. The number of halogens is 4. The van der Waals surface area contributed by atoms with Gasteiger partial charge in [-0.25, -0.2) is 9.37 Å². The van der Waals surface area contributed by atoms with E-state index in [9.17, 15) is 13.2 Å². The van der Waals surface area contributed by atoms with Gasteiger partial charge in [-0.3, -0.25) is 4.90 Å². The number of anilines is 3. The minimum Gasteiger partial charge on any atom is -0.495 e. The molecule has 7 nitrogen and oxygen atoms in total. The van der Waals surface area contributed by atoms with Gasteiger partial charge >= 0.3 is 6.18 Å². The molecule has 1 aromatic heterocycles. The molecule has 1 aliphatic heterocycles. The summed E-state index contributed by atoms with van der Waals surface area (Å²) in [5.41, 5.74) is -0.594. The lowest BCUT2D eigenvalue weighted by atomic mass is 10.0. The van der Waals surface area contributed by atoms with E-state index in [0.29, 0.717) is 30.7 Å². The molecule has 2 heterocycles. The third-order valence-corrected chi connectivity index (χ3v) is 5.71. The van der Waals surface area contributed by atoms with Crippen LogP contribution in [0, 0.1) is 5.82 Å². The van der Waals surface area contributed by atoms with Gasteiger partial charge < -0.3 is 20.1 Å². The van der Waals surface area contributed by atoms with Crippen LogP contribution in [0.2, 0.25) is 0 Å². The summed E-state index contributed by atoms with van der Waals surface area (Å²) < 4.78 is 65.2. The number of ether oxygens (including phenoxy) is 2. The molecular weight excluding hydrogens is 418 g/mol. The number of nitrogens with one attached hydrogen (secondary N) is 2. The van der Waals surface area contributed by atoms with Gasteiger partial charge in [-0.05, 0) is 18.9 Å². The number of methoxy groups -OCH3 is 1. The summed E-state index contributed by atoms with van der Waals surface area (Å²) in [5.74, 6) is -0.569. The van der Waals surface area contributed by atoms with E-state index in [2.05, 4.69) is 25.5 Å². The van der Waals surface area contributed by atoms with Crippen LogP contribution in [-0.4, -0.2) is 55.3 Å². The SMILES string of the molecule is CNc1nc(Nc2cc(F)c(C3(N4CCOCC4)CC3)cc2OC)ncc1C(F)(F)F. The van der Waals surface area contributed by atoms with Gasteiger partial charge in [0.1, 0.15) is 22.9 Å². The van der Waals surface area contributed by atoms with Crippen molar-refractivity contribution in [1.82, 2.24) is 14.9 Å². The lowest BCUT2D eigenvalue weighted by Crippen LogP contribution is -2.44. The van der Waals surface area contributed by atoms with E-state index in [1.165, 1.54) is 20.2 Å². The lowest BCUT2D eigenvalue weighted by Gasteiger charge is -2.35. The highest BCUT2D eigenvalue weighted by Crippen LogP contribution is 2.53. The predicted molar refractivity (Wildman–Crippen MR) is 106 cm³/mol. The molecule has 2 aromatic rings. The number of hydrogen-bond donors (Lipinski definition) is 2. The van der Waals surface area contributed by atoms with Crippen molar-refractivity contribution >= 4 is 17.5 Å². The maximum Gasteiger partial charge on any atom is 0.421 e. The van der Waals surface area contributed by atoms with Gasteiger partial charge in [-0.1, -0.05) is 0 Å². The molecule has 11 heteroatoms. The van der Waals surface area contributed by atoms with Gasteiger partial charge in [0, 0.05) is 43.5 Å². The Labute approximate surface area is 176 Å². The largest absolute Gasteiger partial charge is 0.495 e. The molecule has 1 saturated heterocycles. The van der Waals surface area contributed by atoms with E-state index in [0.717, 1.165) is 25.9 Å². The smallest absolute Gasteiger partial charge is 0.421 e. The van der Waals surface area contributed by atoms with E-state index in [1.807, 2.05) is 0 Å². The first-order valence-electron chi connectivity index (χ1n) is 9.88. The molecule has 0 bridgehead atoms. The Balaban J connectivity index is 1.64. The highest BCUT2D eigenvalue weighted by molar-refractivity contribution is 5.65. The number of rotatable bonds is 6. The van der Waals surface area contributed by atoms with Gasteiger partial charge in [0.15, 0.2) is 0 Å². The van der Waals surface area contributed by atoms with Gasteiger partial charge in [0.2, 0.25) is 5.95 Å². The van der Waals surface area contributed by atoms with Crippen LogP contribution < -0.4 is 15.4 Å². The fraction of sp³-hybridized carbons (Fsp3) is 0.500. The monoisotopic (exact) mass is 441 g/mol. The number of aromatic nitrogens is 2. The van der Waals surface area contributed by atoms with E-state index >= 15 is 4.39 Å². The first-order valence-corrected chi connectivity index (χ1v) is 9.88. The van der Waals surface area contributed by atoms with Gasteiger partial charge in [0.25, 0.3) is 0 Å². The van der Waals surface area contributed by atoms with E-state index in [1.54, 1.807) is 6.07 Å². The zero-order chi connectivity index (χ0) is 22.2. The molecule has 1 aromatic carbocycles. The molecule has 31 heavy (non-hydrogen) atoms. The maximum absolute atomic E-state index is 15.2. The van der Waals surface area contributed by atoms with Gasteiger partial charge in [-0.2, -0.15) is 18.2 Å². The fourth-order valence-electron chi connectivity index (χ4n) is 4.00. The molecule has 1 saturated carbocycles. The topological polar surface area (TPSA) is 71.5 Å². The Morgan fingerprint density at radius 1 is 1.19 bits per heavy atom. The van der Waals surface area contributed by atoms with Crippen LogP contribution in [0.5, 0.6) is 5.75 Å². The second-order valence-corrected chi connectivity index (χ2v) is 7.49. The van der Waals surface area contributed by atoms with E-state index in [4.69, 9.17) is 9.47 Å². The lowest BCUT2D eigenvalue weighted by molar-refractivity contribution is -0.137. The van der Waals surface area contributed by atoms with E-state index < -0.39 is 17.6 Å². The van der Waals surface area contributed by atoms with Gasteiger partial charge in [-0.15, -0.1) is 0 Å². The van der Waals surface area contributed by atoms with Crippen molar-refractivity contribution in [2.75, 3.05) is 51.1 Å². The number of hydrogen-bond acceptors (Lipinski definition) is 7. The standard InChI is InChI=1S/C20H23F4N5O2/c1-25-17-13(20(22,23)24)11-26-18(28-17)27-15-10-14(21)12(9-16(15)30-2)19(3-4-19)29-5-7-31-8-6-29/h9-11H,3-8H2,1-2H3,(H2,25,26,27,28). The molecule has 2 aliphatic rings. The summed E-state index contributed by atoms with van der Waals surface area (Å²) in [7, 11) is 2.78. The summed E-state index contributed by atoms with van der Waals surface area (Å²) in [6, 6.07) is 2.91. The number of alkyl halides is 3. The first-order chi connectivity index (χ1) is 14.8. The molecule has 0 spiro atoms. The first kappa shape index (κ1) is 21.6. The number of nitrogens with zero attached hydrogens (tertiary/aromatic N) is 3. The van der Waals surface area contributed by atoms with Crippen molar-refractivity contribution in [2.24, 2.45) is 0 Å². The third-order valence-electron chi connectivity index (χ3n) is 5.71. The Morgan fingerprint density at radius 3 is 2.48 bits per heavy atom. The van der Waals surface area contributed by atoms with Crippen molar-refractivity contribution < 1.29 is 27.0 Å². The van der Waals surface area contributed by atoms with Gasteiger partial charge in [0.05, 0.1) is 26.0 Å². The minimum atomic E-state index is -4.60. The summed E-state index contributed by atoms with van der Waals surface area (Å²) in [5, 5.41) is 5.18. The Morgan fingerprint density at radius 2 is 1.90 bits per heavy atom. The highest BCUT2D eigenvalue weighted by Gasteiger charge is 2.51. The van der Waals surface area contributed by atoms with Crippen molar-refractivity contribution in [3.63, 3.8) is 0 Å². The Bertz CT molecular complexity index is 959. The summed E-state index contributed by atoms with van der Waals surface area (Å²) in [4.78, 5) is 9.83. The molecule has 0 radical (unpaired) electrons. The van der Waals surface area contributed by atoms with Crippen LogP contribution in [0.3, 0.4) is 0 Å². The molecule has 0 amide bonds. The second-order valence-electron chi connectivity index (χ2n) is 7.49. The molecule has 1 aliphatic carbocycles. The van der Waals surface area contributed by atoms with Crippen LogP contribution in [0.4, 0.5) is 35.0 Å². The van der Waals surface area contributed by atoms with Crippen LogP contribution in [-0.2, 0) is 16.5 Å². The maximum atomic E-state index is 15.2. The van der Waals surface area contributed by atoms with E-state index in [-0.39, 0.29) is 23.0 Å². The number of morpholine rings is 1. The zero-order valence-electron chi connectivity index (χ0n) is 17.1. The summed E-state index contributed by atoms with van der Waals surface area (Å²) in [6.45, 7) is 2.68. The second kappa shape index (κ2) is 8.12. The van der Waals surface area contributed by atoms with Crippen molar-refractivity contribution in [3.8, 4) is 5.75 Å². The molecule has 2 N–H and O–H groups in total. The quantitative estimate of drug-likeness (QED) is 0.662. The predicted octanol–water partition coefficient (Wildman–Crippen LogP) is 3.75. The molecule has 168 valence electrons. The number of benzene rings is 1. The van der Waals surface area contributed by atoms with Crippen molar-refractivity contribution in [1.29, 1.82) is 0 Å². The summed E-state index contributed by atoms with van der Waals surface area (Å²) >= 11 is 0. The molecule has 0 atom stereocenters. The summed E-state index contributed by atoms with van der Waals surface area (Å²) in [6.07, 6.45) is -2.24. The van der Waals surface area contributed by atoms with Crippen molar-refractivity contribution in [3.05, 3.63) is 35.3 Å². The average Bonchev–Trinajstić information content (AvgIpc) is 3.55. The zero-order valence-corrected chi connectivity index (χ0v) is 17.1.